The first kappa shape index (κ1) is 19.3. The topological polar surface area (TPSA) is 35.6 Å². The number of anilines is 2. The highest BCUT2D eigenvalue weighted by molar-refractivity contribution is 6.30. The molecule has 0 radical (unpaired) electrons. The van der Waals surface area contributed by atoms with Gasteiger partial charge in [0, 0.05) is 49.0 Å². The van der Waals surface area contributed by atoms with Crippen LogP contribution in [-0.4, -0.2) is 43.5 Å². The van der Waals surface area contributed by atoms with Gasteiger partial charge in [0.2, 0.25) is 5.91 Å². The highest BCUT2D eigenvalue weighted by atomic mass is 35.5. The van der Waals surface area contributed by atoms with Crippen molar-refractivity contribution < 1.29 is 4.79 Å². The molecule has 1 fully saturated rings. The van der Waals surface area contributed by atoms with Gasteiger partial charge in [-0.2, -0.15) is 0 Å². The van der Waals surface area contributed by atoms with E-state index in [1.165, 1.54) is 36.2 Å². The van der Waals surface area contributed by atoms with E-state index >= 15 is 0 Å². The van der Waals surface area contributed by atoms with Crippen LogP contribution in [0, 0.1) is 0 Å². The van der Waals surface area contributed by atoms with Crippen LogP contribution in [0.5, 0.6) is 0 Å². The number of piperazine rings is 1. The number of aryl methyl sites for hydroxylation is 2. The number of rotatable bonds is 6. The van der Waals surface area contributed by atoms with Crippen molar-refractivity contribution >= 4 is 28.9 Å². The zero-order valence-electron chi connectivity index (χ0n) is 16.3. The van der Waals surface area contributed by atoms with Gasteiger partial charge in [-0.05, 0) is 67.6 Å². The zero-order chi connectivity index (χ0) is 19.3. The molecule has 0 atom stereocenters. The number of nitrogens with zero attached hydrogens (tertiary/aromatic N) is 2. The molecule has 1 saturated heterocycles. The number of hydrogen-bond donors (Lipinski definition) is 1. The second-order valence-electron chi connectivity index (χ2n) is 7.81. The molecule has 2 heterocycles. The second-order valence-corrected chi connectivity index (χ2v) is 8.24. The van der Waals surface area contributed by atoms with Crippen LogP contribution in [0.25, 0.3) is 0 Å². The Morgan fingerprint density at radius 1 is 0.964 bits per heavy atom. The van der Waals surface area contributed by atoms with Crippen LogP contribution in [-0.2, 0) is 17.6 Å². The molecule has 4 nitrogen and oxygen atoms in total. The molecule has 1 amide bonds. The van der Waals surface area contributed by atoms with Crippen LogP contribution in [0.4, 0.5) is 11.4 Å². The molecule has 5 heteroatoms. The van der Waals surface area contributed by atoms with Crippen LogP contribution in [0.2, 0.25) is 5.02 Å². The standard InChI is InChI=1S/C23H28ClN3O/c24-20-5-3-6-21(17-20)27-14-12-26(13-15-27)11-2-1-4-18-7-9-22-19(16-18)8-10-23(28)25-22/h3,5-7,9,16-17H,1-2,4,8,10-15H2,(H,25,28). The predicted molar refractivity (Wildman–Crippen MR) is 116 cm³/mol. The smallest absolute Gasteiger partial charge is 0.224 e. The molecule has 148 valence electrons. The van der Waals surface area contributed by atoms with Gasteiger partial charge < -0.3 is 10.2 Å². The van der Waals surface area contributed by atoms with E-state index in [0.29, 0.717) is 6.42 Å². The van der Waals surface area contributed by atoms with Gasteiger partial charge in [-0.25, -0.2) is 0 Å². The third-order valence-electron chi connectivity index (χ3n) is 5.80. The maximum absolute atomic E-state index is 11.5. The molecule has 0 spiro atoms. The third-order valence-corrected chi connectivity index (χ3v) is 6.04. The maximum Gasteiger partial charge on any atom is 0.224 e. The lowest BCUT2D eigenvalue weighted by atomic mass is 9.98. The van der Waals surface area contributed by atoms with Crippen molar-refractivity contribution in [1.82, 2.24) is 4.90 Å². The molecular weight excluding hydrogens is 370 g/mol. The number of nitrogens with one attached hydrogen (secondary N) is 1. The highest BCUT2D eigenvalue weighted by Crippen LogP contribution is 2.24. The fourth-order valence-electron chi connectivity index (χ4n) is 4.16. The summed E-state index contributed by atoms with van der Waals surface area (Å²) in [5.74, 6) is 0.135. The number of amides is 1. The number of benzene rings is 2. The van der Waals surface area contributed by atoms with Crippen molar-refractivity contribution in [3.8, 4) is 0 Å². The molecule has 0 aromatic heterocycles. The first-order chi connectivity index (χ1) is 13.7. The van der Waals surface area contributed by atoms with Crippen molar-refractivity contribution in [3.05, 3.63) is 58.6 Å². The lowest BCUT2D eigenvalue weighted by Crippen LogP contribution is -2.46. The molecule has 2 aliphatic heterocycles. The Hall–Kier alpha value is -2.04. The average molecular weight is 398 g/mol. The minimum atomic E-state index is 0.135. The maximum atomic E-state index is 11.5. The van der Waals surface area contributed by atoms with Crippen molar-refractivity contribution in [2.75, 3.05) is 42.9 Å². The number of unbranched alkanes of at least 4 members (excludes halogenated alkanes) is 1. The molecule has 0 unspecified atom stereocenters. The van der Waals surface area contributed by atoms with E-state index in [1.54, 1.807) is 0 Å². The van der Waals surface area contributed by atoms with Gasteiger partial charge >= 0.3 is 0 Å². The molecule has 2 aromatic rings. The fourth-order valence-corrected chi connectivity index (χ4v) is 4.34. The van der Waals surface area contributed by atoms with E-state index in [4.69, 9.17) is 11.6 Å². The van der Waals surface area contributed by atoms with E-state index in [1.807, 2.05) is 12.1 Å². The second kappa shape index (κ2) is 8.97. The molecule has 4 rings (SSSR count). The summed E-state index contributed by atoms with van der Waals surface area (Å²) >= 11 is 6.12. The van der Waals surface area contributed by atoms with Crippen LogP contribution in [0.1, 0.15) is 30.4 Å². The number of hydrogen-bond acceptors (Lipinski definition) is 3. The highest BCUT2D eigenvalue weighted by Gasteiger charge is 2.17. The van der Waals surface area contributed by atoms with Gasteiger partial charge in [0.15, 0.2) is 0 Å². The first-order valence-electron chi connectivity index (χ1n) is 10.3. The molecular formula is C23H28ClN3O. The monoisotopic (exact) mass is 397 g/mol. The molecule has 28 heavy (non-hydrogen) atoms. The van der Waals surface area contributed by atoms with Gasteiger partial charge in [0.25, 0.3) is 0 Å². The predicted octanol–water partition coefficient (Wildman–Crippen LogP) is 4.37. The number of carbonyl (C=O) groups is 1. The normalized spacial score (nSPS) is 17.3. The van der Waals surface area contributed by atoms with Gasteiger partial charge in [0.1, 0.15) is 0 Å². The van der Waals surface area contributed by atoms with E-state index in [-0.39, 0.29) is 5.91 Å². The van der Waals surface area contributed by atoms with Gasteiger partial charge in [-0.1, -0.05) is 29.8 Å². The fraction of sp³-hybridized carbons (Fsp3) is 0.435. The molecule has 0 aliphatic carbocycles. The van der Waals surface area contributed by atoms with Gasteiger partial charge in [-0.15, -0.1) is 0 Å². The van der Waals surface area contributed by atoms with Crippen LogP contribution in [0.15, 0.2) is 42.5 Å². The van der Waals surface area contributed by atoms with Crippen LogP contribution < -0.4 is 10.2 Å². The summed E-state index contributed by atoms with van der Waals surface area (Å²) in [4.78, 5) is 16.5. The van der Waals surface area contributed by atoms with Crippen LogP contribution in [0.3, 0.4) is 0 Å². The lowest BCUT2D eigenvalue weighted by Gasteiger charge is -2.36. The summed E-state index contributed by atoms with van der Waals surface area (Å²) in [6.45, 7) is 5.54. The van der Waals surface area contributed by atoms with Crippen molar-refractivity contribution in [3.63, 3.8) is 0 Å². The molecule has 2 aromatic carbocycles. The minimum absolute atomic E-state index is 0.135. The summed E-state index contributed by atoms with van der Waals surface area (Å²) in [6, 6.07) is 14.7. The number of halogens is 1. The SMILES string of the molecule is O=C1CCc2cc(CCCCN3CCN(c4cccc(Cl)c4)CC3)ccc2N1. The van der Waals surface area contributed by atoms with Crippen LogP contribution >= 0.6 is 11.6 Å². The van der Waals surface area contributed by atoms with Gasteiger partial charge in [-0.3, -0.25) is 9.69 Å². The largest absolute Gasteiger partial charge is 0.369 e. The summed E-state index contributed by atoms with van der Waals surface area (Å²) < 4.78 is 0. The third kappa shape index (κ3) is 4.86. The quantitative estimate of drug-likeness (QED) is 0.735. The number of fused-ring (bicyclic) bond motifs is 1. The van der Waals surface area contributed by atoms with E-state index in [2.05, 4.69) is 45.4 Å². The Labute approximate surface area is 172 Å². The van der Waals surface area contributed by atoms with E-state index in [9.17, 15) is 4.79 Å². The van der Waals surface area contributed by atoms with E-state index in [0.717, 1.165) is 49.7 Å². The number of carbonyl (C=O) groups excluding carboxylic acids is 1. The summed E-state index contributed by atoms with van der Waals surface area (Å²) in [5, 5.41) is 3.77. The lowest BCUT2D eigenvalue weighted by molar-refractivity contribution is -0.116. The Kier molecular flexibility index (Phi) is 6.18. The van der Waals surface area contributed by atoms with E-state index < -0.39 is 0 Å². The van der Waals surface area contributed by atoms with Crippen molar-refractivity contribution in [2.45, 2.75) is 32.1 Å². The van der Waals surface area contributed by atoms with Crippen molar-refractivity contribution in [2.24, 2.45) is 0 Å². The first-order valence-corrected chi connectivity index (χ1v) is 10.7. The van der Waals surface area contributed by atoms with Gasteiger partial charge in [0.05, 0.1) is 0 Å². The summed E-state index contributed by atoms with van der Waals surface area (Å²) in [5.41, 5.74) is 4.91. The zero-order valence-corrected chi connectivity index (χ0v) is 17.0. The Morgan fingerprint density at radius 2 is 1.82 bits per heavy atom. The Balaban J connectivity index is 1.18. The molecule has 2 aliphatic rings. The molecule has 0 saturated carbocycles. The minimum Gasteiger partial charge on any atom is -0.369 e. The summed E-state index contributed by atoms with van der Waals surface area (Å²) in [7, 11) is 0. The summed E-state index contributed by atoms with van der Waals surface area (Å²) in [6.07, 6.45) is 5.03. The Bertz CT molecular complexity index is 830. The molecule has 0 bridgehead atoms. The molecule has 1 N–H and O–H groups in total. The average Bonchev–Trinajstić information content (AvgIpc) is 2.72. The Morgan fingerprint density at radius 3 is 2.64 bits per heavy atom. The van der Waals surface area contributed by atoms with Crippen molar-refractivity contribution in [1.29, 1.82) is 0 Å².